The molecule has 0 unspecified atom stereocenters. The van der Waals surface area contributed by atoms with Crippen LogP contribution in [0.3, 0.4) is 0 Å². The maximum absolute atomic E-state index is 13.4. The second-order valence-electron chi connectivity index (χ2n) is 9.00. The molecule has 1 aliphatic heterocycles. The Bertz CT molecular complexity index is 659. The smallest absolute Gasteiger partial charge is 0.394 e. The van der Waals surface area contributed by atoms with Gasteiger partial charge in [0.05, 0.1) is 5.60 Å². The van der Waals surface area contributed by atoms with Crippen LogP contribution < -0.4 is 4.74 Å². The van der Waals surface area contributed by atoms with E-state index in [4.69, 9.17) is 4.74 Å². The van der Waals surface area contributed by atoms with Gasteiger partial charge >= 0.3 is 6.11 Å². The third-order valence-electron chi connectivity index (χ3n) is 6.70. The third kappa shape index (κ3) is 5.89. The highest BCUT2D eigenvalue weighted by atomic mass is 19.3. The molecule has 1 aromatic rings. The van der Waals surface area contributed by atoms with Crippen LogP contribution in [0.15, 0.2) is 24.3 Å². The van der Waals surface area contributed by atoms with Crippen LogP contribution in [0.2, 0.25) is 0 Å². The van der Waals surface area contributed by atoms with Crippen LogP contribution in [-0.2, 0) is 0 Å². The third-order valence-corrected chi connectivity index (χ3v) is 6.70. The molecule has 1 saturated heterocycles. The van der Waals surface area contributed by atoms with Crippen molar-refractivity contribution in [3.63, 3.8) is 0 Å². The predicted molar refractivity (Wildman–Crippen MR) is 112 cm³/mol. The Morgan fingerprint density at radius 1 is 1.24 bits per heavy atom. The summed E-state index contributed by atoms with van der Waals surface area (Å²) in [7, 11) is 2.17. The molecule has 1 N–H and O–H groups in total. The summed E-state index contributed by atoms with van der Waals surface area (Å²) >= 11 is 0. The maximum atomic E-state index is 13.4. The number of piperazine rings is 1. The monoisotopic (exact) mass is 410 g/mol. The molecule has 1 saturated carbocycles. The van der Waals surface area contributed by atoms with E-state index in [9.17, 15) is 13.9 Å². The van der Waals surface area contributed by atoms with E-state index in [1.54, 1.807) is 18.2 Å². The molecule has 1 heterocycles. The first-order chi connectivity index (χ1) is 13.7. The van der Waals surface area contributed by atoms with E-state index >= 15 is 0 Å². The summed E-state index contributed by atoms with van der Waals surface area (Å²) in [5.74, 6) is 0.0435. The lowest BCUT2D eigenvalue weighted by atomic mass is 9.72. The molecule has 29 heavy (non-hydrogen) atoms. The molecule has 2 aliphatic rings. The Balaban J connectivity index is 1.85. The Morgan fingerprint density at radius 2 is 1.97 bits per heavy atom. The molecule has 0 bridgehead atoms. The predicted octanol–water partition coefficient (Wildman–Crippen LogP) is 4.48. The topological polar surface area (TPSA) is 35.9 Å². The fourth-order valence-electron chi connectivity index (χ4n) is 4.98. The van der Waals surface area contributed by atoms with Crippen LogP contribution in [0.5, 0.6) is 5.75 Å². The van der Waals surface area contributed by atoms with Crippen molar-refractivity contribution in [3.8, 4) is 5.75 Å². The zero-order chi connectivity index (χ0) is 21.1. The summed E-state index contributed by atoms with van der Waals surface area (Å²) in [6.07, 6.45) is 2.56. The number of likely N-dealkylation sites (N-methyl/N-ethyl adjacent to an activating group) is 1. The molecular weight excluding hydrogens is 374 g/mol. The summed E-state index contributed by atoms with van der Waals surface area (Å²) in [6.45, 7) is 6.65. The van der Waals surface area contributed by atoms with E-state index in [-0.39, 0.29) is 11.7 Å². The maximum Gasteiger partial charge on any atom is 0.394 e. The van der Waals surface area contributed by atoms with Gasteiger partial charge in [0.25, 0.3) is 0 Å². The minimum atomic E-state index is -3.22. The Hall–Kier alpha value is -1.24. The molecule has 0 radical (unpaired) electrons. The lowest BCUT2D eigenvalue weighted by Crippen LogP contribution is -2.54. The van der Waals surface area contributed by atoms with E-state index in [0.717, 1.165) is 77.2 Å². The van der Waals surface area contributed by atoms with Crippen molar-refractivity contribution in [2.75, 3.05) is 33.2 Å². The molecular formula is C23H36F2N2O2. The quantitative estimate of drug-likeness (QED) is 0.719. The number of alkyl halides is 2. The number of nitrogens with zero attached hydrogens (tertiary/aromatic N) is 2. The minimum absolute atomic E-state index is 0.113. The average Bonchev–Trinajstić information content (AvgIpc) is 2.66. The number of hydrogen-bond acceptors (Lipinski definition) is 4. The van der Waals surface area contributed by atoms with E-state index < -0.39 is 11.7 Å². The molecule has 0 aromatic heterocycles. The number of ether oxygens (including phenoxy) is 1. The van der Waals surface area contributed by atoms with Crippen molar-refractivity contribution < 1.29 is 18.6 Å². The number of benzene rings is 1. The second kappa shape index (κ2) is 9.27. The molecule has 164 valence electrons. The van der Waals surface area contributed by atoms with Gasteiger partial charge in [0.15, 0.2) is 0 Å². The van der Waals surface area contributed by atoms with Gasteiger partial charge in [0, 0.05) is 45.1 Å². The molecule has 2 atom stereocenters. The van der Waals surface area contributed by atoms with E-state index in [1.807, 2.05) is 6.07 Å². The molecule has 1 aliphatic carbocycles. The first-order valence-electron chi connectivity index (χ1n) is 11.0. The van der Waals surface area contributed by atoms with Crippen molar-refractivity contribution in [2.24, 2.45) is 0 Å². The van der Waals surface area contributed by atoms with Gasteiger partial charge in [-0.1, -0.05) is 38.3 Å². The van der Waals surface area contributed by atoms with Crippen molar-refractivity contribution >= 4 is 0 Å². The zero-order valence-electron chi connectivity index (χ0n) is 18.0. The summed E-state index contributed by atoms with van der Waals surface area (Å²) in [5.41, 5.74) is 0.0968. The fourth-order valence-corrected chi connectivity index (χ4v) is 4.98. The molecule has 0 amide bonds. The Morgan fingerprint density at radius 3 is 2.62 bits per heavy atom. The lowest BCUT2D eigenvalue weighted by molar-refractivity contribution is -0.159. The summed E-state index contributed by atoms with van der Waals surface area (Å²) in [6, 6.07) is 7.48. The molecule has 0 spiro atoms. The van der Waals surface area contributed by atoms with Gasteiger partial charge in [-0.2, -0.15) is 8.78 Å². The van der Waals surface area contributed by atoms with Crippen molar-refractivity contribution in [1.29, 1.82) is 0 Å². The molecule has 1 aromatic carbocycles. The average molecular weight is 411 g/mol. The van der Waals surface area contributed by atoms with Crippen LogP contribution in [0.4, 0.5) is 8.78 Å². The summed E-state index contributed by atoms with van der Waals surface area (Å²) in [5, 5.41) is 11.6. The van der Waals surface area contributed by atoms with Gasteiger partial charge < -0.3 is 14.7 Å². The summed E-state index contributed by atoms with van der Waals surface area (Å²) < 4.78 is 31.6. The van der Waals surface area contributed by atoms with Crippen LogP contribution in [0, 0.1) is 0 Å². The first-order valence-corrected chi connectivity index (χ1v) is 11.0. The normalized spacial score (nSPS) is 25.0. The van der Waals surface area contributed by atoms with E-state index in [2.05, 4.69) is 23.8 Å². The van der Waals surface area contributed by atoms with Crippen LogP contribution >= 0.6 is 0 Å². The Kier molecular flexibility index (Phi) is 7.18. The van der Waals surface area contributed by atoms with Crippen LogP contribution in [0.1, 0.15) is 63.9 Å². The van der Waals surface area contributed by atoms with Gasteiger partial charge in [-0.3, -0.25) is 4.90 Å². The highest BCUT2D eigenvalue weighted by Crippen LogP contribution is 2.41. The van der Waals surface area contributed by atoms with E-state index in [0.29, 0.717) is 6.04 Å². The van der Waals surface area contributed by atoms with Crippen molar-refractivity contribution in [3.05, 3.63) is 29.8 Å². The molecule has 6 heteroatoms. The van der Waals surface area contributed by atoms with Crippen molar-refractivity contribution in [2.45, 2.75) is 76.0 Å². The zero-order valence-corrected chi connectivity index (χ0v) is 18.0. The largest absolute Gasteiger partial charge is 0.433 e. The standard InChI is InChI=1S/C23H36F2N2O2/c1-4-19-16-27(14-13-26(19)3)17-21(23(28)11-6-5-7-12-23)18-9-8-10-20(15-18)29-22(2,24)25/h8-10,15,19,21,28H,4-7,11-14,16-17H2,1-3H3/t19-,21-/m1/s1. The second-order valence-corrected chi connectivity index (χ2v) is 9.00. The molecule has 2 fully saturated rings. The fraction of sp³-hybridized carbons (Fsp3) is 0.739. The number of halogens is 2. The van der Waals surface area contributed by atoms with Gasteiger partial charge in [-0.25, -0.2) is 0 Å². The highest BCUT2D eigenvalue weighted by molar-refractivity contribution is 5.33. The lowest BCUT2D eigenvalue weighted by Gasteiger charge is -2.45. The van der Waals surface area contributed by atoms with Gasteiger partial charge in [-0.15, -0.1) is 0 Å². The molecule has 4 nitrogen and oxygen atoms in total. The number of hydrogen-bond donors (Lipinski definition) is 1. The number of rotatable bonds is 7. The van der Waals surface area contributed by atoms with Crippen molar-refractivity contribution in [1.82, 2.24) is 9.80 Å². The SMILES string of the molecule is CC[C@@H]1CN(C[C@H](c2cccc(OC(C)(F)F)c2)C2(O)CCCCC2)CCN1C. The Labute approximate surface area is 173 Å². The van der Waals surface area contributed by atoms with Gasteiger partial charge in [-0.05, 0) is 44.0 Å². The first kappa shape index (κ1) is 22.4. The van der Waals surface area contributed by atoms with E-state index in [1.165, 1.54) is 0 Å². The summed E-state index contributed by atoms with van der Waals surface area (Å²) in [4.78, 5) is 4.84. The minimum Gasteiger partial charge on any atom is -0.433 e. The highest BCUT2D eigenvalue weighted by Gasteiger charge is 2.40. The van der Waals surface area contributed by atoms with Gasteiger partial charge in [0.2, 0.25) is 0 Å². The molecule has 3 rings (SSSR count). The van der Waals surface area contributed by atoms with Crippen LogP contribution in [0.25, 0.3) is 0 Å². The number of aliphatic hydroxyl groups is 1. The van der Waals surface area contributed by atoms with Gasteiger partial charge in [0.1, 0.15) is 5.75 Å². The van der Waals surface area contributed by atoms with Crippen LogP contribution in [-0.4, -0.2) is 65.9 Å².